The Bertz CT molecular complexity index is 1120. The molecule has 2 heterocycles. The number of rotatable bonds is 6. The largest absolute Gasteiger partial charge is 0.489 e. The summed E-state index contributed by atoms with van der Waals surface area (Å²) in [4.78, 5) is 30.3. The van der Waals surface area contributed by atoms with Gasteiger partial charge in [0.15, 0.2) is 6.29 Å². The Morgan fingerprint density at radius 3 is 2.68 bits per heavy atom. The van der Waals surface area contributed by atoms with E-state index in [-0.39, 0.29) is 5.91 Å². The third-order valence-electron chi connectivity index (χ3n) is 4.25. The van der Waals surface area contributed by atoms with Crippen LogP contribution in [0, 0.1) is 0 Å². The highest BCUT2D eigenvalue weighted by atomic mass is 16.5. The molecule has 0 unspecified atom stereocenters. The second kappa shape index (κ2) is 7.75. The molecule has 6 heteroatoms. The van der Waals surface area contributed by atoms with Gasteiger partial charge in [-0.25, -0.2) is 4.98 Å². The maximum absolute atomic E-state index is 12.5. The van der Waals surface area contributed by atoms with Crippen molar-refractivity contribution in [1.82, 2.24) is 9.97 Å². The second-order valence-electron chi connectivity index (χ2n) is 6.26. The maximum atomic E-state index is 12.5. The fourth-order valence-electron chi connectivity index (χ4n) is 2.80. The van der Waals surface area contributed by atoms with Crippen LogP contribution in [-0.2, 0) is 6.61 Å². The van der Waals surface area contributed by atoms with Crippen molar-refractivity contribution in [3.05, 3.63) is 89.7 Å². The molecule has 0 saturated carbocycles. The summed E-state index contributed by atoms with van der Waals surface area (Å²) in [5.41, 5.74) is 2.79. The van der Waals surface area contributed by atoms with Crippen LogP contribution in [0.3, 0.4) is 0 Å². The standard InChI is InChI=1S/C22H17N3O3/c26-13-16-6-9-21(23-12-16)25-22(27)20-11-17-10-18(7-8-19(17)24-20)28-14-15-4-2-1-3-5-15/h1-13,24H,14H2,(H,23,25,27). The number of hydrogen-bond acceptors (Lipinski definition) is 4. The summed E-state index contributed by atoms with van der Waals surface area (Å²) in [6, 6.07) is 20.5. The van der Waals surface area contributed by atoms with Gasteiger partial charge in [0.1, 0.15) is 23.9 Å². The van der Waals surface area contributed by atoms with Gasteiger partial charge in [0.2, 0.25) is 0 Å². The summed E-state index contributed by atoms with van der Waals surface area (Å²) in [6.45, 7) is 0.479. The predicted molar refractivity (Wildman–Crippen MR) is 107 cm³/mol. The number of nitrogens with zero attached hydrogens (tertiary/aromatic N) is 1. The molecule has 0 saturated heterocycles. The first kappa shape index (κ1) is 17.5. The van der Waals surface area contributed by atoms with Crippen LogP contribution in [0.5, 0.6) is 5.75 Å². The van der Waals surface area contributed by atoms with Gasteiger partial charge in [-0.15, -0.1) is 0 Å². The quantitative estimate of drug-likeness (QED) is 0.497. The van der Waals surface area contributed by atoms with Gasteiger partial charge >= 0.3 is 0 Å². The van der Waals surface area contributed by atoms with E-state index in [0.29, 0.717) is 30.0 Å². The van der Waals surface area contributed by atoms with Gasteiger partial charge in [-0.2, -0.15) is 0 Å². The molecular weight excluding hydrogens is 354 g/mol. The number of carbonyl (C=O) groups is 2. The molecule has 0 aliphatic rings. The molecule has 0 atom stereocenters. The third-order valence-corrected chi connectivity index (χ3v) is 4.25. The average Bonchev–Trinajstić information content (AvgIpc) is 3.17. The number of pyridine rings is 1. The summed E-state index contributed by atoms with van der Waals surface area (Å²) in [6.07, 6.45) is 2.11. The zero-order valence-electron chi connectivity index (χ0n) is 14.9. The van der Waals surface area contributed by atoms with Crippen LogP contribution < -0.4 is 10.1 Å². The highest BCUT2D eigenvalue weighted by Crippen LogP contribution is 2.23. The van der Waals surface area contributed by atoms with Crippen molar-refractivity contribution in [2.75, 3.05) is 5.32 Å². The average molecular weight is 371 g/mol. The second-order valence-corrected chi connectivity index (χ2v) is 6.26. The minimum absolute atomic E-state index is 0.311. The molecule has 0 fully saturated rings. The molecule has 138 valence electrons. The Hall–Kier alpha value is -3.93. The van der Waals surface area contributed by atoms with Crippen molar-refractivity contribution >= 4 is 28.9 Å². The molecule has 4 aromatic rings. The topological polar surface area (TPSA) is 84.1 Å². The number of aromatic nitrogens is 2. The number of anilines is 1. The molecule has 0 aliphatic carbocycles. The Kier molecular flexibility index (Phi) is 4.84. The summed E-state index contributed by atoms with van der Waals surface area (Å²) < 4.78 is 5.83. The van der Waals surface area contributed by atoms with E-state index in [9.17, 15) is 9.59 Å². The molecule has 0 spiro atoms. The van der Waals surface area contributed by atoms with Crippen molar-refractivity contribution in [1.29, 1.82) is 0 Å². The molecule has 2 aromatic carbocycles. The molecule has 2 aromatic heterocycles. The highest BCUT2D eigenvalue weighted by molar-refractivity contribution is 6.05. The van der Waals surface area contributed by atoms with Crippen LogP contribution in [0.4, 0.5) is 5.82 Å². The van der Waals surface area contributed by atoms with E-state index in [2.05, 4.69) is 15.3 Å². The lowest BCUT2D eigenvalue weighted by Crippen LogP contribution is -2.13. The molecule has 0 bridgehead atoms. The first-order valence-electron chi connectivity index (χ1n) is 8.73. The number of nitrogens with one attached hydrogen (secondary N) is 2. The van der Waals surface area contributed by atoms with Crippen LogP contribution in [-0.4, -0.2) is 22.2 Å². The Morgan fingerprint density at radius 2 is 1.93 bits per heavy atom. The monoisotopic (exact) mass is 371 g/mol. The van der Waals surface area contributed by atoms with E-state index >= 15 is 0 Å². The number of ether oxygens (including phenoxy) is 1. The summed E-state index contributed by atoms with van der Waals surface area (Å²) >= 11 is 0. The van der Waals surface area contributed by atoms with Crippen molar-refractivity contribution in [2.24, 2.45) is 0 Å². The van der Waals surface area contributed by atoms with E-state index in [1.54, 1.807) is 18.2 Å². The number of aldehydes is 1. The number of hydrogen-bond donors (Lipinski definition) is 2. The Labute approximate surface area is 161 Å². The van der Waals surface area contributed by atoms with Crippen molar-refractivity contribution in [2.45, 2.75) is 6.61 Å². The zero-order valence-corrected chi connectivity index (χ0v) is 14.9. The number of carbonyl (C=O) groups excluding carboxylic acids is 2. The number of aromatic amines is 1. The van der Waals surface area contributed by atoms with Gasteiger partial charge in [-0.3, -0.25) is 9.59 Å². The van der Waals surface area contributed by atoms with E-state index < -0.39 is 0 Å². The molecule has 0 aliphatic heterocycles. The van der Waals surface area contributed by atoms with Gasteiger partial charge in [0, 0.05) is 22.7 Å². The van der Waals surface area contributed by atoms with Crippen molar-refractivity contribution in [3.63, 3.8) is 0 Å². The SMILES string of the molecule is O=Cc1ccc(NC(=O)c2cc3cc(OCc4ccccc4)ccc3[nH]2)nc1. The van der Waals surface area contributed by atoms with Crippen LogP contribution >= 0.6 is 0 Å². The van der Waals surface area contributed by atoms with Gasteiger partial charge < -0.3 is 15.0 Å². The van der Waals surface area contributed by atoms with Crippen LogP contribution in [0.25, 0.3) is 10.9 Å². The molecule has 6 nitrogen and oxygen atoms in total. The molecule has 2 N–H and O–H groups in total. The van der Waals surface area contributed by atoms with Crippen molar-refractivity contribution < 1.29 is 14.3 Å². The van der Waals surface area contributed by atoms with Gasteiger partial charge in [0.25, 0.3) is 5.91 Å². The molecule has 0 radical (unpaired) electrons. The summed E-state index contributed by atoms with van der Waals surface area (Å²) in [7, 11) is 0. The van der Waals surface area contributed by atoms with E-state index in [1.165, 1.54) is 6.20 Å². The lowest BCUT2D eigenvalue weighted by atomic mass is 10.2. The van der Waals surface area contributed by atoms with Crippen molar-refractivity contribution in [3.8, 4) is 5.75 Å². The molecule has 28 heavy (non-hydrogen) atoms. The number of amides is 1. The molecule has 4 rings (SSSR count). The first-order chi connectivity index (χ1) is 13.7. The minimum Gasteiger partial charge on any atom is -0.489 e. The number of H-pyrrole nitrogens is 1. The molecule has 1 amide bonds. The fourth-order valence-corrected chi connectivity index (χ4v) is 2.80. The summed E-state index contributed by atoms with van der Waals surface area (Å²) in [5, 5.41) is 3.58. The van der Waals surface area contributed by atoms with E-state index in [1.807, 2.05) is 48.5 Å². The zero-order chi connectivity index (χ0) is 19.3. The van der Waals surface area contributed by atoms with Gasteiger partial charge in [-0.1, -0.05) is 30.3 Å². The third kappa shape index (κ3) is 3.91. The van der Waals surface area contributed by atoms with Crippen LogP contribution in [0.2, 0.25) is 0 Å². The lowest BCUT2D eigenvalue weighted by Gasteiger charge is -2.06. The van der Waals surface area contributed by atoms with Gasteiger partial charge in [0.05, 0.1) is 0 Å². The van der Waals surface area contributed by atoms with Gasteiger partial charge in [-0.05, 0) is 42.0 Å². The number of benzene rings is 2. The first-order valence-corrected chi connectivity index (χ1v) is 8.73. The Morgan fingerprint density at radius 1 is 1.07 bits per heavy atom. The number of fused-ring (bicyclic) bond motifs is 1. The predicted octanol–water partition coefficient (Wildman–Crippen LogP) is 4.21. The van der Waals surface area contributed by atoms with Crippen LogP contribution in [0.15, 0.2) is 72.9 Å². The smallest absolute Gasteiger partial charge is 0.273 e. The van der Waals surface area contributed by atoms with Crippen LogP contribution in [0.1, 0.15) is 26.4 Å². The Balaban J connectivity index is 1.47. The van der Waals surface area contributed by atoms with E-state index in [0.717, 1.165) is 22.2 Å². The summed E-state index contributed by atoms with van der Waals surface area (Å²) in [5.74, 6) is 0.795. The fraction of sp³-hybridized carbons (Fsp3) is 0.0455. The minimum atomic E-state index is -0.311. The van der Waals surface area contributed by atoms with E-state index in [4.69, 9.17) is 4.74 Å². The molecular formula is C22H17N3O3. The normalized spacial score (nSPS) is 10.6. The highest BCUT2D eigenvalue weighted by Gasteiger charge is 2.11. The maximum Gasteiger partial charge on any atom is 0.273 e. The lowest BCUT2D eigenvalue weighted by molar-refractivity contribution is 0.102.